The number of rotatable bonds is 6. The summed E-state index contributed by atoms with van der Waals surface area (Å²) >= 11 is 0. The fraction of sp³-hybridized carbons (Fsp3) is 0.143. The normalized spacial score (nSPS) is 10.3. The van der Waals surface area contributed by atoms with Crippen LogP contribution < -0.4 is 18.9 Å². The minimum Gasteiger partial charge on any atom is -0.293 e. The quantitative estimate of drug-likeness (QED) is 0.494. The summed E-state index contributed by atoms with van der Waals surface area (Å²) in [5.41, 5.74) is 3.91. The van der Waals surface area contributed by atoms with E-state index in [9.17, 15) is 0 Å². The fourth-order valence-corrected chi connectivity index (χ4v) is 2.62. The first-order chi connectivity index (χ1) is 10.9. The summed E-state index contributed by atoms with van der Waals surface area (Å²) in [4.78, 5) is 2.45. The molecule has 23 heavy (non-hydrogen) atoms. The molecule has 0 fully saturated rings. The molecule has 0 saturated carbocycles. The second kappa shape index (κ2) is 9.38. The van der Waals surface area contributed by atoms with Crippen LogP contribution in [-0.2, 0) is 19.6 Å². The Hall–Kier alpha value is -1.78. The van der Waals surface area contributed by atoms with E-state index in [2.05, 4.69) is 83.8 Å². The predicted octanol–water partition coefficient (Wildman–Crippen LogP) is 1.69. The molecule has 0 radical (unpaired) electrons. The zero-order chi connectivity index (χ0) is 15.0. The zero-order valence-corrected chi connectivity index (χ0v) is 13.7. The van der Waals surface area contributed by atoms with Gasteiger partial charge in [0.25, 0.3) is 0 Å². The van der Waals surface area contributed by atoms with Gasteiger partial charge < -0.3 is 0 Å². The van der Waals surface area contributed by atoms with E-state index in [0.717, 1.165) is 19.6 Å². The van der Waals surface area contributed by atoms with Gasteiger partial charge in [0.05, 0.1) is 0 Å². The Labute approximate surface area is 151 Å². The van der Waals surface area contributed by atoms with Crippen LogP contribution in [0.15, 0.2) is 84.9 Å². The Kier molecular flexibility index (Phi) is 7.16. The molecule has 0 atom stereocenters. The van der Waals surface area contributed by atoms with E-state index in [0.29, 0.717) is 0 Å². The van der Waals surface area contributed by atoms with Crippen molar-refractivity contribution in [3.63, 3.8) is 0 Å². The molecular formula is C21H20LiN. The van der Waals surface area contributed by atoms with E-state index in [1.807, 2.05) is 12.1 Å². The molecule has 0 spiro atoms. The zero-order valence-electron chi connectivity index (χ0n) is 13.7. The molecule has 3 aromatic carbocycles. The Bertz CT molecular complexity index is 569. The van der Waals surface area contributed by atoms with Gasteiger partial charge in [-0.3, -0.25) is 4.90 Å². The van der Waals surface area contributed by atoms with Gasteiger partial charge in [-0.25, -0.2) is 0 Å². The second-order valence-corrected chi connectivity index (χ2v) is 5.50. The summed E-state index contributed by atoms with van der Waals surface area (Å²) < 4.78 is 0. The van der Waals surface area contributed by atoms with Gasteiger partial charge in [0.2, 0.25) is 0 Å². The van der Waals surface area contributed by atoms with Gasteiger partial charge in [0, 0.05) is 19.6 Å². The Morgan fingerprint density at radius 3 is 1.61 bits per heavy atom. The molecule has 0 unspecified atom stereocenters. The van der Waals surface area contributed by atoms with Gasteiger partial charge in [0.1, 0.15) is 0 Å². The van der Waals surface area contributed by atoms with Crippen LogP contribution in [0.25, 0.3) is 0 Å². The van der Waals surface area contributed by atoms with Crippen molar-refractivity contribution >= 4 is 0 Å². The molecule has 0 N–H and O–H groups in total. The van der Waals surface area contributed by atoms with Crippen LogP contribution in [0, 0.1) is 6.07 Å². The van der Waals surface area contributed by atoms with Gasteiger partial charge in [-0.15, -0.1) is 5.56 Å². The first-order valence-electron chi connectivity index (χ1n) is 7.66. The van der Waals surface area contributed by atoms with Gasteiger partial charge in [-0.05, 0) is 11.1 Å². The van der Waals surface area contributed by atoms with Crippen LogP contribution >= 0.6 is 0 Å². The van der Waals surface area contributed by atoms with Crippen LogP contribution in [0.4, 0.5) is 0 Å². The standard InChI is InChI=1S/C21H20N.Li/c1-4-10-19(11-5-1)16-22(17-20-12-6-2-7-13-20)18-21-14-8-3-9-15-21;/h1-14H,16-18H2;/q-1;+1. The maximum atomic E-state index is 3.33. The molecule has 0 aromatic heterocycles. The van der Waals surface area contributed by atoms with Crippen molar-refractivity contribution in [2.45, 2.75) is 19.6 Å². The molecule has 0 bridgehead atoms. The average Bonchev–Trinajstić information content (AvgIpc) is 2.57. The predicted molar refractivity (Wildman–Crippen MR) is 91.1 cm³/mol. The first kappa shape index (κ1) is 17.6. The summed E-state index contributed by atoms with van der Waals surface area (Å²) in [6.45, 7) is 2.79. The summed E-state index contributed by atoms with van der Waals surface area (Å²) in [5.74, 6) is 0. The molecule has 0 aliphatic rings. The van der Waals surface area contributed by atoms with Crippen molar-refractivity contribution in [3.8, 4) is 0 Å². The minimum absolute atomic E-state index is 0. The van der Waals surface area contributed by atoms with E-state index in [-0.39, 0.29) is 18.9 Å². The molecule has 1 nitrogen and oxygen atoms in total. The number of hydrogen-bond donors (Lipinski definition) is 0. The Morgan fingerprint density at radius 1 is 0.609 bits per heavy atom. The Balaban J connectivity index is 0.00000192. The van der Waals surface area contributed by atoms with Crippen molar-refractivity contribution in [2.24, 2.45) is 0 Å². The van der Waals surface area contributed by atoms with Gasteiger partial charge >= 0.3 is 18.9 Å². The molecule has 3 rings (SSSR count). The molecule has 2 heteroatoms. The maximum absolute atomic E-state index is 3.33. The monoisotopic (exact) mass is 293 g/mol. The molecule has 0 saturated heterocycles. The first-order valence-corrected chi connectivity index (χ1v) is 7.66. The molecule has 0 heterocycles. The van der Waals surface area contributed by atoms with Crippen molar-refractivity contribution in [2.75, 3.05) is 0 Å². The smallest absolute Gasteiger partial charge is 0.293 e. The van der Waals surface area contributed by atoms with Gasteiger partial charge in [-0.2, -0.15) is 30.3 Å². The fourth-order valence-electron chi connectivity index (χ4n) is 2.62. The van der Waals surface area contributed by atoms with E-state index in [1.54, 1.807) is 0 Å². The minimum atomic E-state index is 0. The second-order valence-electron chi connectivity index (χ2n) is 5.50. The van der Waals surface area contributed by atoms with Gasteiger partial charge in [-0.1, -0.05) is 60.7 Å². The number of nitrogens with zero attached hydrogens (tertiary/aromatic N) is 1. The molecule has 0 aliphatic heterocycles. The molecule has 0 amide bonds. The van der Waals surface area contributed by atoms with Crippen molar-refractivity contribution in [1.82, 2.24) is 4.90 Å². The van der Waals surface area contributed by atoms with Crippen LogP contribution in [0.3, 0.4) is 0 Å². The summed E-state index contributed by atoms with van der Waals surface area (Å²) in [6, 6.07) is 32.8. The van der Waals surface area contributed by atoms with Crippen molar-refractivity contribution in [1.29, 1.82) is 0 Å². The third-order valence-corrected chi connectivity index (χ3v) is 3.67. The van der Waals surface area contributed by atoms with E-state index < -0.39 is 0 Å². The third-order valence-electron chi connectivity index (χ3n) is 3.67. The van der Waals surface area contributed by atoms with Crippen LogP contribution in [0.2, 0.25) is 0 Å². The van der Waals surface area contributed by atoms with E-state index in [4.69, 9.17) is 0 Å². The topological polar surface area (TPSA) is 3.24 Å². The van der Waals surface area contributed by atoms with E-state index >= 15 is 0 Å². The molecule has 0 aliphatic carbocycles. The molecule has 110 valence electrons. The van der Waals surface area contributed by atoms with Crippen molar-refractivity contribution in [3.05, 3.63) is 108 Å². The summed E-state index contributed by atoms with van der Waals surface area (Å²) in [6.07, 6.45) is 0. The third kappa shape index (κ3) is 5.73. The molecule has 3 aromatic rings. The van der Waals surface area contributed by atoms with Crippen molar-refractivity contribution < 1.29 is 18.9 Å². The van der Waals surface area contributed by atoms with Crippen LogP contribution in [0.5, 0.6) is 0 Å². The average molecular weight is 293 g/mol. The molecular weight excluding hydrogens is 273 g/mol. The van der Waals surface area contributed by atoms with Crippen LogP contribution in [-0.4, -0.2) is 4.90 Å². The Morgan fingerprint density at radius 2 is 1.13 bits per heavy atom. The maximum Gasteiger partial charge on any atom is 1.00 e. The number of benzene rings is 3. The summed E-state index contributed by atoms with van der Waals surface area (Å²) in [7, 11) is 0. The van der Waals surface area contributed by atoms with Crippen LogP contribution in [0.1, 0.15) is 16.7 Å². The van der Waals surface area contributed by atoms with Gasteiger partial charge in [0.15, 0.2) is 0 Å². The van der Waals surface area contributed by atoms with E-state index in [1.165, 1.54) is 16.7 Å². The summed E-state index contributed by atoms with van der Waals surface area (Å²) in [5, 5.41) is 0. The largest absolute Gasteiger partial charge is 1.00 e. The number of hydrogen-bond acceptors (Lipinski definition) is 1. The SMILES string of the molecule is [Li+].[c-]1ccccc1CN(Cc1ccccc1)Cc1ccccc1.